The van der Waals surface area contributed by atoms with Crippen molar-refractivity contribution < 1.29 is 14.6 Å². The predicted octanol–water partition coefficient (Wildman–Crippen LogP) is 4.42. The third kappa shape index (κ3) is 3.49. The molecule has 0 amide bonds. The van der Waals surface area contributed by atoms with E-state index in [9.17, 15) is 10.4 Å². The highest BCUT2D eigenvalue weighted by atomic mass is 16.5. The van der Waals surface area contributed by atoms with E-state index in [-0.39, 0.29) is 5.41 Å². The van der Waals surface area contributed by atoms with Crippen LogP contribution >= 0.6 is 0 Å². The number of nitriles is 1. The van der Waals surface area contributed by atoms with Gasteiger partial charge in [0.2, 0.25) is 0 Å². The molecule has 34 heavy (non-hydrogen) atoms. The molecule has 0 bridgehead atoms. The van der Waals surface area contributed by atoms with Gasteiger partial charge >= 0.3 is 0 Å². The summed E-state index contributed by atoms with van der Waals surface area (Å²) < 4.78 is 13.2. The molecule has 0 unspecified atom stereocenters. The largest absolute Gasteiger partial charge is 0.387 e. The number of aromatic nitrogens is 2. The lowest BCUT2D eigenvalue weighted by molar-refractivity contribution is -0.192. The first-order valence-corrected chi connectivity index (χ1v) is 13.6. The molecule has 186 valence electrons. The highest BCUT2D eigenvalue weighted by molar-refractivity contribution is 5.22. The predicted molar refractivity (Wildman–Crippen MR) is 128 cm³/mol. The van der Waals surface area contributed by atoms with Crippen LogP contribution in [0, 0.1) is 57.7 Å². The van der Waals surface area contributed by atoms with Crippen LogP contribution in [-0.4, -0.2) is 47.4 Å². The summed E-state index contributed by atoms with van der Waals surface area (Å²) in [7, 11) is 1.72. The third-order valence-electron chi connectivity index (χ3n) is 11.3. The summed E-state index contributed by atoms with van der Waals surface area (Å²) in [4.78, 5) is 0. The molecule has 6 rings (SSSR count). The van der Waals surface area contributed by atoms with Crippen LogP contribution in [0.1, 0.15) is 70.3 Å². The van der Waals surface area contributed by atoms with Gasteiger partial charge < -0.3 is 14.6 Å². The molecule has 5 aliphatic rings. The lowest BCUT2D eigenvalue weighted by Crippen LogP contribution is -2.57. The van der Waals surface area contributed by atoms with E-state index in [2.05, 4.69) is 18.1 Å². The number of hydrogen-bond donors (Lipinski definition) is 1. The second-order valence-electron chi connectivity index (χ2n) is 12.9. The van der Waals surface area contributed by atoms with Crippen molar-refractivity contribution in [2.45, 2.75) is 76.9 Å². The van der Waals surface area contributed by atoms with Crippen molar-refractivity contribution in [3.05, 3.63) is 18.0 Å². The summed E-state index contributed by atoms with van der Waals surface area (Å²) in [5.41, 5.74) is 0.592. The van der Waals surface area contributed by atoms with Crippen molar-refractivity contribution >= 4 is 0 Å². The number of rotatable bonds is 5. The Morgan fingerprint density at radius 2 is 1.97 bits per heavy atom. The van der Waals surface area contributed by atoms with Gasteiger partial charge in [0.1, 0.15) is 6.07 Å². The molecule has 0 aromatic carbocycles. The SMILES string of the molecule is COC[C@@]1(O)CC[C@H]2[C@H](CC[C@@H]3[C@@H]2CC[C@]2(C)[C@@H](C4(Cn5cc(C#N)cn5)COC4)CC[C@@H]32)C1. The van der Waals surface area contributed by atoms with Crippen molar-refractivity contribution in [3.8, 4) is 6.07 Å². The van der Waals surface area contributed by atoms with Gasteiger partial charge in [-0.2, -0.15) is 10.4 Å². The second-order valence-corrected chi connectivity index (χ2v) is 12.9. The monoisotopic (exact) mass is 467 g/mol. The molecule has 6 nitrogen and oxygen atoms in total. The fraction of sp³-hybridized carbons (Fsp3) is 0.857. The number of fused-ring (bicyclic) bond motifs is 5. The third-order valence-corrected chi connectivity index (χ3v) is 11.3. The Kier molecular flexibility index (Phi) is 5.63. The second kappa shape index (κ2) is 8.32. The van der Waals surface area contributed by atoms with Crippen LogP contribution in [0.5, 0.6) is 0 Å². The van der Waals surface area contributed by atoms with Crippen molar-refractivity contribution in [2.24, 2.45) is 46.3 Å². The summed E-state index contributed by atoms with van der Waals surface area (Å²) in [5, 5.41) is 24.8. The van der Waals surface area contributed by atoms with Gasteiger partial charge in [0.15, 0.2) is 0 Å². The minimum absolute atomic E-state index is 0.160. The molecule has 0 spiro atoms. The normalized spacial score (nSPS) is 44.9. The molecule has 1 saturated heterocycles. The maximum atomic E-state index is 11.0. The maximum Gasteiger partial charge on any atom is 0.102 e. The van der Waals surface area contributed by atoms with Crippen LogP contribution in [-0.2, 0) is 16.0 Å². The molecular formula is C28H41N3O3. The van der Waals surface area contributed by atoms with Crippen LogP contribution in [0.25, 0.3) is 0 Å². The molecule has 4 saturated carbocycles. The molecule has 5 fully saturated rings. The van der Waals surface area contributed by atoms with E-state index >= 15 is 0 Å². The Labute approximate surface area is 204 Å². The van der Waals surface area contributed by atoms with Crippen LogP contribution in [0.15, 0.2) is 12.4 Å². The minimum Gasteiger partial charge on any atom is -0.387 e. The Hall–Kier alpha value is -1.42. The quantitative estimate of drug-likeness (QED) is 0.693. The van der Waals surface area contributed by atoms with Crippen LogP contribution in [0.3, 0.4) is 0 Å². The first-order valence-electron chi connectivity index (χ1n) is 13.6. The Morgan fingerprint density at radius 3 is 2.68 bits per heavy atom. The van der Waals surface area contributed by atoms with Gasteiger partial charge in [0, 0.05) is 18.7 Å². The first-order chi connectivity index (χ1) is 16.4. The fourth-order valence-corrected chi connectivity index (χ4v) is 9.97. The zero-order chi connectivity index (χ0) is 23.6. The number of nitrogens with zero attached hydrogens (tertiary/aromatic N) is 3. The van der Waals surface area contributed by atoms with Gasteiger partial charge in [-0.3, -0.25) is 4.68 Å². The molecule has 0 radical (unpaired) electrons. The Bertz CT molecular complexity index is 951. The van der Waals surface area contributed by atoms with E-state index in [1.807, 2.05) is 10.9 Å². The summed E-state index contributed by atoms with van der Waals surface area (Å²) >= 11 is 0. The highest BCUT2D eigenvalue weighted by Crippen LogP contribution is 2.68. The molecule has 1 N–H and O–H groups in total. The van der Waals surface area contributed by atoms with E-state index in [0.717, 1.165) is 56.3 Å². The number of methoxy groups -OCH3 is 1. The van der Waals surface area contributed by atoms with Gasteiger partial charge in [-0.25, -0.2) is 0 Å². The number of hydrogen-bond acceptors (Lipinski definition) is 5. The Balaban J connectivity index is 1.20. The number of ether oxygens (including phenoxy) is 2. The van der Waals surface area contributed by atoms with Crippen LogP contribution in [0.4, 0.5) is 0 Å². The average molecular weight is 468 g/mol. The van der Waals surface area contributed by atoms with Gasteiger partial charge in [-0.15, -0.1) is 0 Å². The maximum absolute atomic E-state index is 11.0. The van der Waals surface area contributed by atoms with Crippen molar-refractivity contribution in [1.29, 1.82) is 5.26 Å². The van der Waals surface area contributed by atoms with Crippen molar-refractivity contribution in [3.63, 3.8) is 0 Å². The zero-order valence-corrected chi connectivity index (χ0v) is 20.9. The zero-order valence-electron chi connectivity index (χ0n) is 20.9. The smallest absolute Gasteiger partial charge is 0.102 e. The summed E-state index contributed by atoms with van der Waals surface area (Å²) in [5.74, 6) is 4.67. The Morgan fingerprint density at radius 1 is 1.15 bits per heavy atom. The van der Waals surface area contributed by atoms with E-state index in [4.69, 9.17) is 9.47 Å². The molecule has 1 aromatic rings. The van der Waals surface area contributed by atoms with Gasteiger partial charge in [-0.05, 0) is 98.7 Å². The summed E-state index contributed by atoms with van der Waals surface area (Å²) in [6.45, 7) is 5.64. The van der Waals surface area contributed by atoms with Crippen molar-refractivity contribution in [1.82, 2.24) is 9.78 Å². The molecule has 6 heteroatoms. The standard InChI is InChI=1S/C28H41N3O3/c1-26-9-7-22-21-8-10-28(32,18-33-2)11-20(21)3-4-23(22)24(26)5-6-25(26)27(16-34-17-27)15-31-14-19(12-29)13-30-31/h13-14,20-25,32H,3-11,15-18H2,1-2H3/t20-,21+,22-,23-,24+,25+,26+,28-/m1/s1. The van der Waals surface area contributed by atoms with Crippen molar-refractivity contribution in [2.75, 3.05) is 26.9 Å². The number of aliphatic hydroxyl groups is 1. The van der Waals surface area contributed by atoms with Gasteiger partial charge in [0.05, 0.1) is 43.7 Å². The van der Waals surface area contributed by atoms with Gasteiger partial charge in [0.25, 0.3) is 0 Å². The van der Waals surface area contributed by atoms with Crippen LogP contribution in [0.2, 0.25) is 0 Å². The first kappa shape index (κ1) is 23.0. The van der Waals surface area contributed by atoms with Gasteiger partial charge in [-0.1, -0.05) is 6.92 Å². The molecule has 1 aromatic heterocycles. The lowest BCUT2D eigenvalue weighted by atomic mass is 9.47. The van der Waals surface area contributed by atoms with E-state index < -0.39 is 5.60 Å². The molecule has 8 atom stereocenters. The molecule has 4 aliphatic carbocycles. The average Bonchev–Trinajstić information content (AvgIpc) is 3.39. The van der Waals surface area contributed by atoms with E-state index in [0.29, 0.717) is 29.4 Å². The molecular weight excluding hydrogens is 426 g/mol. The minimum atomic E-state index is -0.598. The molecule has 1 aliphatic heterocycles. The summed E-state index contributed by atoms with van der Waals surface area (Å²) in [6, 6.07) is 2.22. The van der Waals surface area contributed by atoms with E-state index in [1.165, 1.54) is 44.9 Å². The van der Waals surface area contributed by atoms with E-state index in [1.54, 1.807) is 13.3 Å². The summed E-state index contributed by atoms with van der Waals surface area (Å²) in [6.07, 6.45) is 14.6. The van der Waals surface area contributed by atoms with Crippen LogP contribution < -0.4 is 0 Å². The highest BCUT2D eigenvalue weighted by Gasteiger charge is 2.63. The lowest BCUT2D eigenvalue weighted by Gasteiger charge is -2.59. The fourth-order valence-electron chi connectivity index (χ4n) is 9.97. The topological polar surface area (TPSA) is 80.3 Å². The molecule has 2 heterocycles.